The average molecular weight is 680 g/mol. The highest BCUT2D eigenvalue weighted by molar-refractivity contribution is 5.93. The maximum atomic E-state index is 14.1. The van der Waals surface area contributed by atoms with Crippen molar-refractivity contribution < 1.29 is 33.8 Å². The molecule has 0 radical (unpaired) electrons. The van der Waals surface area contributed by atoms with Crippen LogP contribution in [-0.4, -0.2) is 84.8 Å². The van der Waals surface area contributed by atoms with Crippen LogP contribution in [0.2, 0.25) is 0 Å². The number of benzene rings is 2. The third kappa shape index (κ3) is 10.0. The summed E-state index contributed by atoms with van der Waals surface area (Å²) in [5.41, 5.74) is 5.77. The molecule has 2 heterocycles. The number of nitrogens with one attached hydrogen (secondary N) is 4. The lowest BCUT2D eigenvalue weighted by Gasteiger charge is -2.36. The number of rotatable bonds is 5. The van der Waals surface area contributed by atoms with E-state index in [1.54, 1.807) is 39.3 Å². The number of fused-ring (bicyclic) bond motifs is 4. The molecular weight excluding hydrogens is 626 g/mol. The van der Waals surface area contributed by atoms with Crippen molar-refractivity contribution in [2.45, 2.75) is 96.7 Å². The summed E-state index contributed by atoms with van der Waals surface area (Å²) in [5.74, 6) is -2.56. The molecule has 0 saturated carbocycles. The van der Waals surface area contributed by atoms with Crippen molar-refractivity contribution in [1.82, 2.24) is 26.4 Å². The maximum Gasteiger partial charge on any atom is 0.259 e. The van der Waals surface area contributed by atoms with E-state index in [-0.39, 0.29) is 41.9 Å². The fraction of sp³-hybridized carbons (Fsp3) is 0.568. The molecule has 4 amide bonds. The van der Waals surface area contributed by atoms with E-state index in [0.717, 1.165) is 17.5 Å². The van der Waals surface area contributed by atoms with Gasteiger partial charge < -0.3 is 30.5 Å². The number of aromatic hydroxyl groups is 1. The Labute approximate surface area is 289 Å². The largest absolute Gasteiger partial charge is 0.508 e. The molecule has 1 fully saturated rings. The molecule has 2 aromatic rings. The van der Waals surface area contributed by atoms with E-state index in [9.17, 15) is 24.3 Å². The normalized spacial score (nSPS) is 28.1. The van der Waals surface area contributed by atoms with Crippen molar-refractivity contribution >= 4 is 23.6 Å². The number of methoxy groups -OCH3 is 2. The summed E-state index contributed by atoms with van der Waals surface area (Å²) in [6.45, 7) is 8.11. The van der Waals surface area contributed by atoms with Gasteiger partial charge in [0.15, 0.2) is 0 Å². The molecule has 0 unspecified atom stereocenters. The van der Waals surface area contributed by atoms with Crippen LogP contribution in [0.25, 0.3) is 0 Å². The van der Waals surface area contributed by atoms with Crippen LogP contribution in [0.1, 0.15) is 63.6 Å². The lowest BCUT2D eigenvalue weighted by Crippen LogP contribution is -2.63. The summed E-state index contributed by atoms with van der Waals surface area (Å²) in [7, 11) is 3.23. The van der Waals surface area contributed by atoms with Gasteiger partial charge in [0.2, 0.25) is 17.7 Å². The lowest BCUT2D eigenvalue weighted by atomic mass is 9.85. The molecule has 4 rings (SSSR count). The van der Waals surface area contributed by atoms with E-state index in [4.69, 9.17) is 9.47 Å². The van der Waals surface area contributed by atoms with Gasteiger partial charge >= 0.3 is 0 Å². The van der Waals surface area contributed by atoms with Gasteiger partial charge in [0.25, 0.3) is 5.91 Å². The molecule has 1 saturated heterocycles. The molecular formula is C37H53N5O7. The number of hydrazine groups is 1. The Balaban J connectivity index is 1.67. The number of phenolic OH excluding ortho intramolecular Hbond substituents is 1. The molecule has 268 valence electrons. The first-order chi connectivity index (χ1) is 23.4. The molecule has 12 nitrogen and oxygen atoms in total. The second kappa shape index (κ2) is 17.6. The number of hydrogen-bond acceptors (Lipinski definition) is 8. The summed E-state index contributed by atoms with van der Waals surface area (Å²) in [5, 5.41) is 20.3. The number of amides is 4. The molecule has 0 spiro atoms. The first-order valence-electron chi connectivity index (χ1n) is 17.3. The molecule has 2 aliphatic heterocycles. The number of carbonyl (C=O) groups is 4. The Kier molecular flexibility index (Phi) is 13.6. The van der Waals surface area contributed by atoms with Crippen LogP contribution in [-0.2, 0) is 48.0 Å². The smallest absolute Gasteiger partial charge is 0.259 e. The summed E-state index contributed by atoms with van der Waals surface area (Å²) >= 11 is 0. The minimum Gasteiger partial charge on any atom is -0.508 e. The highest BCUT2D eigenvalue weighted by atomic mass is 16.5. The standard InChI is InChI=1S/C37H53N5O7/c1-22(2)32-36(46)39-30(20-26-11-8-13-28(43)19-26)37(47)42-17-9-14-29(41-42)35(45)38-21-27-12-7-10-25(18-27)15-16-31(48-5)23(3)33(49-6)24(4)34(44)40-32/h7-8,10-13,18-19,22-24,29-33,41,43H,9,14-17,20-21H2,1-6H3,(H,38,45)(H,39,46)(H,40,44)/t23-,24+,29-,30-,31-,32-,33+/m0/s1. The lowest BCUT2D eigenvalue weighted by molar-refractivity contribution is -0.144. The number of nitrogens with zero attached hydrogens (tertiary/aromatic N) is 1. The summed E-state index contributed by atoms with van der Waals surface area (Å²) in [6.07, 6.45) is 1.91. The Bertz CT molecular complexity index is 1450. The van der Waals surface area contributed by atoms with Crippen LogP contribution in [0.15, 0.2) is 48.5 Å². The first kappa shape index (κ1) is 37.8. The van der Waals surface area contributed by atoms with Crippen molar-refractivity contribution in [3.8, 4) is 5.75 Å². The zero-order valence-electron chi connectivity index (χ0n) is 29.5. The Morgan fingerprint density at radius 2 is 1.63 bits per heavy atom. The van der Waals surface area contributed by atoms with Gasteiger partial charge in [0.1, 0.15) is 23.9 Å². The van der Waals surface area contributed by atoms with Gasteiger partial charge in [-0.25, -0.2) is 5.43 Å². The predicted molar refractivity (Wildman–Crippen MR) is 185 cm³/mol. The Morgan fingerprint density at radius 3 is 2.33 bits per heavy atom. The van der Waals surface area contributed by atoms with Gasteiger partial charge in [-0.05, 0) is 60.4 Å². The van der Waals surface area contributed by atoms with Gasteiger partial charge in [-0.15, -0.1) is 0 Å². The quantitative estimate of drug-likeness (QED) is 0.323. The van der Waals surface area contributed by atoms with Gasteiger partial charge in [-0.3, -0.25) is 24.2 Å². The summed E-state index contributed by atoms with van der Waals surface area (Å²) in [6, 6.07) is 11.9. The van der Waals surface area contributed by atoms with Crippen molar-refractivity contribution in [2.75, 3.05) is 20.8 Å². The molecule has 4 bridgehead atoms. The molecule has 2 aromatic carbocycles. The minimum absolute atomic E-state index is 0.0343. The van der Waals surface area contributed by atoms with Gasteiger partial charge in [0, 0.05) is 39.6 Å². The van der Waals surface area contributed by atoms with E-state index in [1.165, 1.54) is 11.1 Å². The monoisotopic (exact) mass is 679 g/mol. The van der Waals surface area contributed by atoms with E-state index in [0.29, 0.717) is 37.9 Å². The van der Waals surface area contributed by atoms with Crippen LogP contribution in [0, 0.1) is 17.8 Å². The molecule has 2 aliphatic rings. The zero-order chi connectivity index (χ0) is 35.7. The Hall–Kier alpha value is -4.00. The predicted octanol–water partition coefficient (Wildman–Crippen LogP) is 2.62. The number of hydrogen-bond donors (Lipinski definition) is 5. The fourth-order valence-corrected chi connectivity index (χ4v) is 6.87. The number of phenols is 1. The number of ether oxygens (including phenoxy) is 2. The summed E-state index contributed by atoms with van der Waals surface area (Å²) in [4.78, 5) is 55.0. The molecule has 0 aliphatic carbocycles. The molecule has 7 atom stereocenters. The summed E-state index contributed by atoms with van der Waals surface area (Å²) < 4.78 is 11.8. The molecule has 0 aromatic heterocycles. The van der Waals surface area contributed by atoms with Crippen molar-refractivity contribution in [1.29, 1.82) is 0 Å². The maximum absolute atomic E-state index is 14.1. The average Bonchev–Trinajstić information content (AvgIpc) is 3.09. The van der Waals surface area contributed by atoms with Gasteiger partial charge in [0.05, 0.1) is 18.1 Å². The van der Waals surface area contributed by atoms with Crippen LogP contribution in [0.4, 0.5) is 0 Å². The molecule has 49 heavy (non-hydrogen) atoms. The van der Waals surface area contributed by atoms with Crippen LogP contribution in [0.3, 0.4) is 0 Å². The minimum atomic E-state index is -1.05. The van der Waals surface area contributed by atoms with Crippen molar-refractivity contribution in [3.05, 3.63) is 65.2 Å². The molecule has 5 N–H and O–H groups in total. The SMILES string of the molecule is CO[C@@H]1[C@@H](C)[C@@H](OC)CCc2cccc(c2)CNC(=O)[C@@H]2CCCN(N2)C(=O)[C@H](Cc2cccc(O)c2)NC(=O)[C@H](C(C)C)NC(=O)[C@@H]1C. The zero-order valence-corrected chi connectivity index (χ0v) is 29.5. The van der Waals surface area contributed by atoms with Gasteiger partial charge in [-0.2, -0.15) is 0 Å². The van der Waals surface area contributed by atoms with E-state index < -0.39 is 42.0 Å². The second-order valence-corrected chi connectivity index (χ2v) is 13.7. The Morgan fingerprint density at radius 1 is 0.898 bits per heavy atom. The number of carbonyl (C=O) groups excluding carboxylic acids is 4. The number of aryl methyl sites for hydroxylation is 1. The van der Waals surface area contributed by atoms with Crippen LogP contribution < -0.4 is 21.4 Å². The van der Waals surface area contributed by atoms with Crippen LogP contribution >= 0.6 is 0 Å². The highest BCUT2D eigenvalue weighted by Gasteiger charge is 2.38. The van der Waals surface area contributed by atoms with Crippen LogP contribution in [0.5, 0.6) is 5.75 Å². The fourth-order valence-electron chi connectivity index (χ4n) is 6.87. The highest BCUT2D eigenvalue weighted by Crippen LogP contribution is 2.25. The molecule has 12 heteroatoms. The van der Waals surface area contributed by atoms with Crippen molar-refractivity contribution in [3.63, 3.8) is 0 Å². The van der Waals surface area contributed by atoms with Gasteiger partial charge in [-0.1, -0.05) is 64.1 Å². The first-order valence-corrected chi connectivity index (χ1v) is 17.3. The third-order valence-electron chi connectivity index (χ3n) is 9.74. The van der Waals surface area contributed by atoms with Crippen molar-refractivity contribution in [2.24, 2.45) is 17.8 Å². The second-order valence-electron chi connectivity index (χ2n) is 13.7. The van der Waals surface area contributed by atoms with E-state index in [2.05, 4.69) is 27.4 Å². The van der Waals surface area contributed by atoms with E-state index >= 15 is 0 Å². The topological polar surface area (TPSA) is 158 Å². The third-order valence-corrected chi connectivity index (χ3v) is 9.74. The van der Waals surface area contributed by atoms with E-state index in [1.807, 2.05) is 39.0 Å².